The number of nitrogens with one attached hydrogen (secondary N) is 3. The van der Waals surface area contributed by atoms with E-state index in [1.54, 1.807) is 44.2 Å². The summed E-state index contributed by atoms with van der Waals surface area (Å²) in [6.07, 6.45) is 1.73. The fourth-order valence-electron chi connectivity index (χ4n) is 3.97. The number of thiazole rings is 1. The van der Waals surface area contributed by atoms with Gasteiger partial charge in [-0.3, -0.25) is 19.2 Å². The van der Waals surface area contributed by atoms with Gasteiger partial charge in [0.15, 0.2) is 5.78 Å². The molecule has 1 aliphatic heterocycles. The molecule has 4 atom stereocenters. The molecule has 0 unspecified atom stereocenters. The van der Waals surface area contributed by atoms with Gasteiger partial charge in [0, 0.05) is 0 Å². The highest BCUT2D eigenvalue weighted by Gasteiger charge is 2.50. The van der Waals surface area contributed by atoms with E-state index in [4.69, 9.17) is 4.74 Å². The smallest absolute Gasteiger partial charge is 0.345 e. The van der Waals surface area contributed by atoms with Crippen molar-refractivity contribution in [2.24, 2.45) is 5.92 Å². The van der Waals surface area contributed by atoms with Gasteiger partial charge in [-0.1, -0.05) is 44.2 Å². The molecule has 218 valence electrons. The average molecular weight is 581 g/mol. The zero-order valence-electron chi connectivity index (χ0n) is 22.7. The van der Waals surface area contributed by atoms with Crippen LogP contribution in [0.15, 0.2) is 36.5 Å². The highest BCUT2D eigenvalue weighted by molar-refractivity contribution is 7.13. The number of carbonyl (C=O) groups is 4. The molecule has 13 heteroatoms. The third-order valence-electron chi connectivity index (χ3n) is 6.21. The van der Waals surface area contributed by atoms with E-state index in [-0.39, 0.29) is 31.1 Å². The summed E-state index contributed by atoms with van der Waals surface area (Å²) in [6, 6.07) is 5.25. The van der Waals surface area contributed by atoms with Crippen molar-refractivity contribution in [2.75, 3.05) is 13.2 Å². The standard InChI is InChI=1S/C27H34F2N4O6S/c1-15(2)10-19(32-25(37)21-12-30-16(3)40-21)23(35)33-20(13-38-26(28)29)24(36)31-18(22(34)27(4)14-39-27)11-17-8-6-5-7-9-17/h5-9,12,15,18-20,26H,10-11,13-14H2,1-4H3,(H,31,36)(H,32,37)(H,33,35)/t18-,19-,20-,27-/m0/s1. The molecule has 0 aliphatic carbocycles. The number of ether oxygens (including phenoxy) is 2. The van der Waals surface area contributed by atoms with Crippen LogP contribution in [0.1, 0.15) is 47.4 Å². The van der Waals surface area contributed by atoms with Crippen LogP contribution in [-0.4, -0.2) is 72.0 Å². The van der Waals surface area contributed by atoms with Gasteiger partial charge in [-0.2, -0.15) is 8.78 Å². The fraction of sp³-hybridized carbons (Fsp3) is 0.519. The monoisotopic (exact) mass is 580 g/mol. The van der Waals surface area contributed by atoms with Gasteiger partial charge in [-0.25, -0.2) is 4.98 Å². The lowest BCUT2D eigenvalue weighted by molar-refractivity contribution is -0.148. The van der Waals surface area contributed by atoms with Gasteiger partial charge in [0.2, 0.25) is 11.8 Å². The van der Waals surface area contributed by atoms with Crippen molar-refractivity contribution >= 4 is 34.8 Å². The Morgan fingerprint density at radius 1 is 1.05 bits per heavy atom. The van der Waals surface area contributed by atoms with Gasteiger partial charge >= 0.3 is 6.61 Å². The average Bonchev–Trinajstić information content (AvgIpc) is 3.50. The summed E-state index contributed by atoms with van der Waals surface area (Å²) in [5.41, 5.74) is -0.306. The molecule has 3 N–H and O–H groups in total. The Labute approximate surface area is 235 Å². The Morgan fingerprint density at radius 3 is 2.23 bits per heavy atom. The number of aryl methyl sites for hydroxylation is 1. The minimum Gasteiger partial charge on any atom is -0.361 e. The SMILES string of the molecule is Cc1ncc(C(=O)N[C@@H](CC(C)C)C(=O)N[C@@H](COC(F)F)C(=O)N[C@@H](Cc2ccccc2)C(=O)[C@]2(C)CO2)s1. The van der Waals surface area contributed by atoms with Gasteiger partial charge < -0.3 is 25.4 Å². The van der Waals surface area contributed by atoms with Crippen LogP contribution in [0.2, 0.25) is 0 Å². The molecule has 1 aromatic carbocycles. The minimum atomic E-state index is -3.20. The summed E-state index contributed by atoms with van der Waals surface area (Å²) < 4.78 is 35.5. The molecule has 40 heavy (non-hydrogen) atoms. The molecule has 1 aromatic heterocycles. The molecular formula is C27H34F2N4O6S. The molecule has 0 spiro atoms. The first-order valence-electron chi connectivity index (χ1n) is 12.8. The second-order valence-electron chi connectivity index (χ2n) is 10.2. The first-order valence-corrected chi connectivity index (χ1v) is 13.7. The van der Waals surface area contributed by atoms with Gasteiger partial charge in [0.05, 0.1) is 30.5 Å². The number of Topliss-reactive ketones (excluding diaryl/α,β-unsaturated/α-hetero) is 1. The van der Waals surface area contributed by atoms with Gasteiger partial charge in [0.25, 0.3) is 5.91 Å². The predicted octanol–water partition coefficient (Wildman–Crippen LogP) is 2.41. The van der Waals surface area contributed by atoms with E-state index in [1.807, 2.05) is 13.8 Å². The number of ketones is 1. The number of carbonyl (C=O) groups excluding carboxylic acids is 4. The molecule has 0 bridgehead atoms. The molecule has 1 fully saturated rings. The maximum Gasteiger partial charge on any atom is 0.345 e. The van der Waals surface area contributed by atoms with E-state index < -0.39 is 54.7 Å². The molecule has 3 amide bonds. The number of benzene rings is 1. The number of hydrogen-bond donors (Lipinski definition) is 3. The molecule has 3 rings (SSSR count). The summed E-state index contributed by atoms with van der Waals surface area (Å²) in [4.78, 5) is 56.7. The Kier molecular flexibility index (Phi) is 10.8. The van der Waals surface area contributed by atoms with E-state index >= 15 is 0 Å². The van der Waals surface area contributed by atoms with Crippen molar-refractivity contribution in [1.29, 1.82) is 0 Å². The lowest BCUT2D eigenvalue weighted by atomic mass is 9.94. The highest BCUT2D eigenvalue weighted by atomic mass is 32.1. The summed E-state index contributed by atoms with van der Waals surface area (Å²) in [5, 5.41) is 8.31. The van der Waals surface area contributed by atoms with Crippen LogP contribution < -0.4 is 16.0 Å². The lowest BCUT2D eigenvalue weighted by Gasteiger charge is -2.26. The van der Waals surface area contributed by atoms with E-state index in [1.165, 1.54) is 6.20 Å². The Balaban J connectivity index is 1.77. The zero-order valence-corrected chi connectivity index (χ0v) is 23.6. The van der Waals surface area contributed by atoms with Crippen molar-refractivity contribution in [2.45, 2.75) is 70.9 Å². The number of epoxide rings is 1. The van der Waals surface area contributed by atoms with Crippen LogP contribution in [0.25, 0.3) is 0 Å². The second-order valence-corrected chi connectivity index (χ2v) is 11.4. The topological polar surface area (TPSA) is 139 Å². The molecule has 2 aromatic rings. The first kappa shape index (κ1) is 31.2. The van der Waals surface area contributed by atoms with E-state index in [0.29, 0.717) is 9.88 Å². The molecule has 10 nitrogen and oxygen atoms in total. The number of amides is 3. The summed E-state index contributed by atoms with van der Waals surface area (Å²) in [6.45, 7) is 3.15. The van der Waals surface area contributed by atoms with E-state index in [0.717, 1.165) is 16.9 Å². The van der Waals surface area contributed by atoms with Crippen molar-refractivity contribution in [3.05, 3.63) is 52.0 Å². The number of halogens is 2. The Morgan fingerprint density at radius 2 is 1.68 bits per heavy atom. The Bertz CT molecular complexity index is 1190. The largest absolute Gasteiger partial charge is 0.361 e. The summed E-state index contributed by atoms with van der Waals surface area (Å²) >= 11 is 1.15. The molecular weight excluding hydrogens is 546 g/mol. The number of nitrogens with zero attached hydrogens (tertiary/aromatic N) is 1. The molecule has 0 saturated carbocycles. The predicted molar refractivity (Wildman–Crippen MR) is 143 cm³/mol. The number of alkyl halides is 2. The van der Waals surface area contributed by atoms with Crippen LogP contribution in [0.3, 0.4) is 0 Å². The van der Waals surface area contributed by atoms with Crippen LogP contribution in [0.5, 0.6) is 0 Å². The zero-order chi connectivity index (χ0) is 29.4. The summed E-state index contributed by atoms with van der Waals surface area (Å²) in [7, 11) is 0. The number of rotatable bonds is 15. The first-order chi connectivity index (χ1) is 18.9. The van der Waals surface area contributed by atoms with Crippen LogP contribution in [0, 0.1) is 12.8 Å². The highest BCUT2D eigenvalue weighted by Crippen LogP contribution is 2.29. The maximum absolute atomic E-state index is 13.3. The lowest BCUT2D eigenvalue weighted by Crippen LogP contribution is -2.58. The van der Waals surface area contributed by atoms with Crippen molar-refractivity contribution in [3.63, 3.8) is 0 Å². The second kappa shape index (κ2) is 13.9. The maximum atomic E-state index is 13.3. The minimum absolute atomic E-state index is 0.0315. The number of hydrogen-bond acceptors (Lipinski definition) is 8. The summed E-state index contributed by atoms with van der Waals surface area (Å²) in [5.74, 6) is -2.59. The molecule has 2 heterocycles. The van der Waals surface area contributed by atoms with Gasteiger partial charge in [0.1, 0.15) is 22.6 Å². The van der Waals surface area contributed by atoms with E-state index in [9.17, 15) is 28.0 Å². The third kappa shape index (κ3) is 9.14. The number of aromatic nitrogens is 1. The van der Waals surface area contributed by atoms with Crippen LogP contribution in [0.4, 0.5) is 8.78 Å². The van der Waals surface area contributed by atoms with Crippen LogP contribution in [-0.2, 0) is 30.3 Å². The Hall–Kier alpha value is -3.29. The molecule has 0 radical (unpaired) electrons. The van der Waals surface area contributed by atoms with Crippen molar-refractivity contribution in [3.8, 4) is 0 Å². The normalized spacial score (nSPS) is 18.6. The van der Waals surface area contributed by atoms with Gasteiger partial charge in [-0.05, 0) is 38.2 Å². The molecule has 1 saturated heterocycles. The van der Waals surface area contributed by atoms with E-state index in [2.05, 4.69) is 25.7 Å². The third-order valence-corrected chi connectivity index (χ3v) is 7.12. The van der Waals surface area contributed by atoms with Crippen molar-refractivity contribution in [1.82, 2.24) is 20.9 Å². The molecule has 1 aliphatic rings. The fourth-order valence-corrected chi connectivity index (χ4v) is 4.65. The van der Waals surface area contributed by atoms with Crippen LogP contribution >= 0.6 is 11.3 Å². The van der Waals surface area contributed by atoms with Crippen molar-refractivity contribution < 1.29 is 37.4 Å². The van der Waals surface area contributed by atoms with Gasteiger partial charge in [-0.15, -0.1) is 11.3 Å². The quantitative estimate of drug-likeness (QED) is 0.275.